The molecule has 3 saturated heterocycles. The molecule has 5 rings (SSSR count). The van der Waals surface area contributed by atoms with Crippen molar-refractivity contribution in [2.24, 2.45) is 5.92 Å². The summed E-state index contributed by atoms with van der Waals surface area (Å²) < 4.78 is 5.51. The van der Waals surface area contributed by atoms with Gasteiger partial charge >= 0.3 is 0 Å². The minimum Gasteiger partial charge on any atom is -0.496 e. The van der Waals surface area contributed by atoms with Crippen molar-refractivity contribution in [2.75, 3.05) is 20.2 Å². The summed E-state index contributed by atoms with van der Waals surface area (Å²) in [4.78, 5) is 2.62. The Morgan fingerprint density at radius 3 is 2.68 bits per heavy atom. The molecule has 0 spiro atoms. The first-order valence-electron chi connectivity index (χ1n) is 9.11. The number of hydrogen-bond acceptors (Lipinski definition) is 3. The van der Waals surface area contributed by atoms with Gasteiger partial charge in [-0.25, -0.2) is 0 Å². The molecule has 0 saturated carbocycles. The Kier molecular flexibility index (Phi) is 4.98. The van der Waals surface area contributed by atoms with Crippen molar-refractivity contribution in [1.29, 1.82) is 0 Å². The Bertz CT molecular complexity index is 727. The number of piperidine rings is 3. The van der Waals surface area contributed by atoms with Gasteiger partial charge in [-0.2, -0.15) is 0 Å². The van der Waals surface area contributed by atoms with E-state index >= 15 is 0 Å². The lowest BCUT2D eigenvalue weighted by Gasteiger charge is -2.51. The average Bonchev–Trinajstić information content (AvgIpc) is 2.67. The van der Waals surface area contributed by atoms with Gasteiger partial charge in [0.2, 0.25) is 0 Å². The second-order valence-corrected chi connectivity index (χ2v) is 7.53. The van der Waals surface area contributed by atoms with Gasteiger partial charge in [0.25, 0.3) is 0 Å². The van der Waals surface area contributed by atoms with E-state index in [-0.39, 0.29) is 0 Å². The average molecular weight is 357 g/mol. The van der Waals surface area contributed by atoms with Crippen LogP contribution in [-0.4, -0.2) is 31.1 Å². The summed E-state index contributed by atoms with van der Waals surface area (Å²) in [5, 5.41) is 4.67. The predicted octanol–water partition coefficient (Wildman–Crippen LogP) is 4.27. The number of hydrogen-bond donors (Lipinski definition) is 1. The molecule has 2 unspecified atom stereocenters. The smallest absolute Gasteiger partial charge is 0.123 e. The molecule has 4 heteroatoms. The second kappa shape index (κ2) is 7.36. The van der Waals surface area contributed by atoms with Crippen LogP contribution in [-0.2, 0) is 6.54 Å². The number of para-hydroxylation sites is 1. The van der Waals surface area contributed by atoms with Crippen molar-refractivity contribution in [3.05, 3.63) is 64.7 Å². The van der Waals surface area contributed by atoms with Gasteiger partial charge in [-0.1, -0.05) is 41.9 Å². The van der Waals surface area contributed by atoms with E-state index < -0.39 is 0 Å². The van der Waals surface area contributed by atoms with Gasteiger partial charge in [0, 0.05) is 23.2 Å². The zero-order chi connectivity index (χ0) is 17.2. The van der Waals surface area contributed by atoms with Gasteiger partial charge in [0.1, 0.15) is 5.75 Å². The highest BCUT2D eigenvalue weighted by atomic mass is 35.5. The summed E-state index contributed by atoms with van der Waals surface area (Å²) in [5.41, 5.74) is 2.54. The molecule has 3 nitrogen and oxygen atoms in total. The molecule has 0 amide bonds. The molecule has 2 atom stereocenters. The number of nitrogens with one attached hydrogen (secondary N) is 1. The second-order valence-electron chi connectivity index (χ2n) is 7.09. The molecule has 2 aromatic rings. The predicted molar refractivity (Wildman–Crippen MR) is 102 cm³/mol. The third-order valence-corrected chi connectivity index (χ3v) is 5.96. The fraction of sp³-hybridized carbons (Fsp3) is 0.429. The molecule has 3 heterocycles. The maximum Gasteiger partial charge on any atom is 0.123 e. The van der Waals surface area contributed by atoms with Crippen molar-refractivity contribution in [3.63, 3.8) is 0 Å². The molecule has 2 aromatic carbocycles. The van der Waals surface area contributed by atoms with Crippen molar-refractivity contribution >= 4 is 11.6 Å². The van der Waals surface area contributed by atoms with E-state index in [1.165, 1.54) is 37.1 Å². The number of methoxy groups -OCH3 is 1. The van der Waals surface area contributed by atoms with Gasteiger partial charge in [-0.15, -0.1) is 0 Å². The first-order valence-corrected chi connectivity index (χ1v) is 9.49. The van der Waals surface area contributed by atoms with E-state index in [0.29, 0.717) is 12.1 Å². The molecule has 3 aliphatic rings. The Morgan fingerprint density at radius 1 is 1.12 bits per heavy atom. The Labute approximate surface area is 154 Å². The van der Waals surface area contributed by atoms with Crippen LogP contribution in [0.5, 0.6) is 5.75 Å². The number of benzene rings is 2. The first kappa shape index (κ1) is 16.9. The highest BCUT2D eigenvalue weighted by Crippen LogP contribution is 2.41. The molecule has 2 bridgehead atoms. The van der Waals surface area contributed by atoms with Crippen LogP contribution in [0.15, 0.2) is 48.5 Å². The number of ether oxygens (including phenoxy) is 1. The summed E-state index contributed by atoms with van der Waals surface area (Å²) >= 11 is 6.27. The molecule has 25 heavy (non-hydrogen) atoms. The monoisotopic (exact) mass is 356 g/mol. The molecule has 1 N–H and O–H groups in total. The molecule has 0 radical (unpaired) electrons. The molecule has 3 aliphatic heterocycles. The minimum atomic E-state index is 0.404. The zero-order valence-electron chi connectivity index (χ0n) is 14.6. The van der Waals surface area contributed by atoms with Crippen molar-refractivity contribution < 1.29 is 4.74 Å². The number of rotatable bonds is 5. The van der Waals surface area contributed by atoms with E-state index in [2.05, 4.69) is 40.5 Å². The maximum absolute atomic E-state index is 6.27. The van der Waals surface area contributed by atoms with Crippen LogP contribution >= 0.6 is 11.6 Å². The summed E-state index contributed by atoms with van der Waals surface area (Å²) in [6, 6.07) is 17.5. The maximum atomic E-state index is 6.27. The normalized spacial score (nSPS) is 28.1. The summed E-state index contributed by atoms with van der Waals surface area (Å²) in [6.07, 6.45) is 2.56. The standard InChI is InChI=1S/C21H25ClN2O/c1-25-19-8-3-2-5-17(19)14-23-20-15-9-11-24(12-10-15)21(20)16-6-4-7-18(22)13-16/h2-8,13,15,20-21,23H,9-12,14H2,1H3. The number of nitrogens with zero attached hydrogens (tertiary/aromatic N) is 1. The van der Waals surface area contributed by atoms with E-state index in [0.717, 1.165) is 23.2 Å². The summed E-state index contributed by atoms with van der Waals surface area (Å²) in [6.45, 7) is 3.21. The Balaban J connectivity index is 1.57. The SMILES string of the molecule is COc1ccccc1CNC1C2CCN(CC2)C1c1cccc(Cl)c1. The van der Waals surface area contributed by atoms with Crippen LogP contribution in [0.2, 0.25) is 5.02 Å². The summed E-state index contributed by atoms with van der Waals surface area (Å²) in [7, 11) is 1.74. The number of fused-ring (bicyclic) bond motifs is 3. The van der Waals surface area contributed by atoms with Crippen molar-refractivity contribution in [1.82, 2.24) is 10.2 Å². The molecular formula is C21H25ClN2O. The zero-order valence-corrected chi connectivity index (χ0v) is 15.4. The topological polar surface area (TPSA) is 24.5 Å². The van der Waals surface area contributed by atoms with Crippen LogP contribution in [0.4, 0.5) is 0 Å². The van der Waals surface area contributed by atoms with E-state index in [9.17, 15) is 0 Å². The van der Waals surface area contributed by atoms with E-state index in [4.69, 9.17) is 16.3 Å². The fourth-order valence-corrected chi connectivity index (χ4v) is 4.70. The molecule has 0 aliphatic carbocycles. The highest BCUT2D eigenvalue weighted by Gasteiger charge is 2.42. The van der Waals surface area contributed by atoms with Gasteiger partial charge in [-0.3, -0.25) is 4.90 Å². The van der Waals surface area contributed by atoms with E-state index in [1.54, 1.807) is 7.11 Å². The van der Waals surface area contributed by atoms with Crippen LogP contribution < -0.4 is 10.1 Å². The van der Waals surface area contributed by atoms with Gasteiger partial charge in [0.05, 0.1) is 13.2 Å². The number of halogens is 1. The van der Waals surface area contributed by atoms with Crippen LogP contribution in [0.3, 0.4) is 0 Å². The molecule has 132 valence electrons. The third-order valence-electron chi connectivity index (χ3n) is 5.73. The lowest BCUT2D eigenvalue weighted by atomic mass is 9.76. The summed E-state index contributed by atoms with van der Waals surface area (Å²) in [5.74, 6) is 1.68. The van der Waals surface area contributed by atoms with Gasteiger partial charge in [0.15, 0.2) is 0 Å². The quantitative estimate of drug-likeness (QED) is 0.865. The van der Waals surface area contributed by atoms with Crippen molar-refractivity contribution in [3.8, 4) is 5.75 Å². The fourth-order valence-electron chi connectivity index (χ4n) is 4.51. The third kappa shape index (κ3) is 3.41. The van der Waals surface area contributed by atoms with Gasteiger partial charge < -0.3 is 10.1 Å². The molecular weight excluding hydrogens is 332 g/mol. The molecule has 0 aromatic heterocycles. The van der Waals surface area contributed by atoms with Crippen LogP contribution in [0, 0.1) is 5.92 Å². The molecule has 3 fully saturated rings. The van der Waals surface area contributed by atoms with Gasteiger partial charge in [-0.05, 0) is 55.6 Å². The Hall–Kier alpha value is -1.55. The van der Waals surface area contributed by atoms with Crippen LogP contribution in [0.1, 0.15) is 30.0 Å². The Morgan fingerprint density at radius 2 is 1.92 bits per heavy atom. The largest absolute Gasteiger partial charge is 0.496 e. The van der Waals surface area contributed by atoms with Crippen LogP contribution in [0.25, 0.3) is 0 Å². The minimum absolute atomic E-state index is 0.404. The highest BCUT2D eigenvalue weighted by molar-refractivity contribution is 6.30. The first-order chi connectivity index (χ1) is 12.3. The van der Waals surface area contributed by atoms with Crippen molar-refractivity contribution in [2.45, 2.75) is 31.5 Å². The van der Waals surface area contributed by atoms with E-state index in [1.807, 2.05) is 18.2 Å². The lowest BCUT2D eigenvalue weighted by Crippen LogP contribution is -2.57. The lowest BCUT2D eigenvalue weighted by molar-refractivity contribution is 0.0112.